The van der Waals surface area contributed by atoms with Crippen LogP contribution in [0.5, 0.6) is 0 Å². The smallest absolute Gasteiger partial charge is 0.408 e. The van der Waals surface area contributed by atoms with Gasteiger partial charge in [0.2, 0.25) is 0 Å². The third kappa shape index (κ3) is 7.65. The highest BCUT2D eigenvalue weighted by atomic mass is 32.1. The first-order chi connectivity index (χ1) is 10.7. The Hall–Kier alpha value is -2.08. The monoisotopic (exact) mass is 335 g/mol. The lowest BCUT2D eigenvalue weighted by Crippen LogP contribution is -2.41. The Balaban J connectivity index is 2.66. The molecular formula is C17H25N3O2S. The van der Waals surface area contributed by atoms with Crippen molar-refractivity contribution in [3.8, 4) is 0 Å². The van der Waals surface area contributed by atoms with E-state index >= 15 is 0 Å². The highest BCUT2D eigenvalue weighted by Gasteiger charge is 2.18. The Labute approximate surface area is 143 Å². The summed E-state index contributed by atoms with van der Waals surface area (Å²) < 4.78 is 5.40. The van der Waals surface area contributed by atoms with Crippen molar-refractivity contribution in [3.63, 3.8) is 0 Å². The SMILES string of the molecule is C=CCNC(=S)Nc1cccc(C(C)OC(=O)NC(C)(C)C)c1. The molecule has 6 heteroatoms. The van der Waals surface area contributed by atoms with Crippen LogP contribution in [0, 0.1) is 0 Å². The summed E-state index contributed by atoms with van der Waals surface area (Å²) >= 11 is 5.17. The molecule has 1 aromatic rings. The molecule has 1 unspecified atom stereocenters. The summed E-state index contributed by atoms with van der Waals surface area (Å²) in [5.41, 5.74) is 1.38. The van der Waals surface area contributed by atoms with Gasteiger partial charge in [0.05, 0.1) is 0 Å². The second-order valence-electron chi connectivity index (χ2n) is 6.17. The van der Waals surface area contributed by atoms with Gasteiger partial charge in [-0.2, -0.15) is 0 Å². The van der Waals surface area contributed by atoms with E-state index in [0.29, 0.717) is 11.7 Å². The van der Waals surface area contributed by atoms with Crippen molar-refractivity contribution >= 4 is 29.1 Å². The number of thiocarbonyl (C=S) groups is 1. The second kappa shape index (κ2) is 8.53. The number of nitrogens with one attached hydrogen (secondary N) is 3. The van der Waals surface area contributed by atoms with Crippen LogP contribution in [-0.4, -0.2) is 23.3 Å². The molecule has 3 N–H and O–H groups in total. The Bertz CT molecular complexity index is 567. The molecule has 23 heavy (non-hydrogen) atoms. The van der Waals surface area contributed by atoms with Gasteiger partial charge >= 0.3 is 6.09 Å². The van der Waals surface area contributed by atoms with Crippen LogP contribution in [0.1, 0.15) is 39.4 Å². The van der Waals surface area contributed by atoms with Gasteiger partial charge < -0.3 is 20.7 Å². The van der Waals surface area contributed by atoms with Crippen LogP contribution >= 0.6 is 12.2 Å². The average Bonchev–Trinajstić information content (AvgIpc) is 2.43. The van der Waals surface area contributed by atoms with Crippen molar-refractivity contribution in [1.29, 1.82) is 0 Å². The molecule has 0 heterocycles. The molecule has 1 amide bonds. The summed E-state index contributed by atoms with van der Waals surface area (Å²) in [6, 6.07) is 7.58. The van der Waals surface area contributed by atoms with Crippen molar-refractivity contribution < 1.29 is 9.53 Å². The first-order valence-electron chi connectivity index (χ1n) is 7.46. The van der Waals surface area contributed by atoms with Crippen LogP contribution in [0.25, 0.3) is 0 Å². The fourth-order valence-corrected chi connectivity index (χ4v) is 1.97. The molecule has 0 saturated heterocycles. The van der Waals surface area contributed by atoms with E-state index in [9.17, 15) is 4.79 Å². The number of benzene rings is 1. The Morgan fingerprint density at radius 2 is 2.13 bits per heavy atom. The number of carbonyl (C=O) groups is 1. The van der Waals surface area contributed by atoms with Gasteiger partial charge in [-0.15, -0.1) is 6.58 Å². The molecule has 126 valence electrons. The van der Waals surface area contributed by atoms with E-state index in [-0.39, 0.29) is 11.6 Å². The summed E-state index contributed by atoms with van der Waals surface area (Å²) in [6.45, 7) is 11.8. The molecule has 0 saturated carbocycles. The number of hydrogen-bond donors (Lipinski definition) is 3. The summed E-state index contributed by atoms with van der Waals surface area (Å²) in [4.78, 5) is 11.8. The quantitative estimate of drug-likeness (QED) is 0.565. The van der Waals surface area contributed by atoms with E-state index in [1.807, 2.05) is 52.0 Å². The second-order valence-corrected chi connectivity index (χ2v) is 6.58. The highest BCUT2D eigenvalue weighted by Crippen LogP contribution is 2.21. The van der Waals surface area contributed by atoms with Crippen molar-refractivity contribution in [1.82, 2.24) is 10.6 Å². The summed E-state index contributed by atoms with van der Waals surface area (Å²) in [6.07, 6.45) is 0.925. The van der Waals surface area contributed by atoms with Crippen LogP contribution < -0.4 is 16.0 Å². The largest absolute Gasteiger partial charge is 0.442 e. The molecule has 0 aromatic heterocycles. The Kier molecular flexibility index (Phi) is 7.03. The van der Waals surface area contributed by atoms with Crippen LogP contribution in [0.15, 0.2) is 36.9 Å². The van der Waals surface area contributed by atoms with E-state index < -0.39 is 6.09 Å². The van der Waals surface area contributed by atoms with Crippen molar-refractivity contribution in [2.75, 3.05) is 11.9 Å². The lowest BCUT2D eigenvalue weighted by molar-refractivity contribution is 0.100. The molecule has 1 aromatic carbocycles. The summed E-state index contributed by atoms with van der Waals surface area (Å²) in [5.74, 6) is 0. The molecule has 0 spiro atoms. The van der Waals surface area contributed by atoms with Crippen LogP contribution in [-0.2, 0) is 4.74 Å². The number of ether oxygens (including phenoxy) is 1. The van der Waals surface area contributed by atoms with Gasteiger partial charge in [-0.3, -0.25) is 0 Å². The normalized spacial score (nSPS) is 12.0. The zero-order valence-electron chi connectivity index (χ0n) is 14.1. The van der Waals surface area contributed by atoms with Gasteiger partial charge in [-0.25, -0.2) is 4.79 Å². The molecule has 0 aliphatic carbocycles. The predicted octanol–water partition coefficient (Wildman–Crippen LogP) is 3.74. The first-order valence-corrected chi connectivity index (χ1v) is 7.86. The Morgan fingerprint density at radius 3 is 2.74 bits per heavy atom. The maximum Gasteiger partial charge on any atom is 0.408 e. The molecule has 0 bridgehead atoms. The summed E-state index contributed by atoms with van der Waals surface area (Å²) in [5, 5.41) is 9.36. The van der Waals surface area contributed by atoms with Crippen LogP contribution in [0.4, 0.5) is 10.5 Å². The lowest BCUT2D eigenvalue weighted by Gasteiger charge is -2.22. The number of anilines is 1. The van der Waals surface area contributed by atoms with Gasteiger partial charge in [0, 0.05) is 17.8 Å². The van der Waals surface area contributed by atoms with E-state index in [2.05, 4.69) is 22.5 Å². The fourth-order valence-electron chi connectivity index (χ4n) is 1.77. The third-order valence-corrected chi connectivity index (χ3v) is 3.03. The average molecular weight is 335 g/mol. The lowest BCUT2D eigenvalue weighted by atomic mass is 10.1. The fraction of sp³-hybridized carbons (Fsp3) is 0.412. The molecule has 0 aliphatic heterocycles. The Morgan fingerprint density at radius 1 is 1.43 bits per heavy atom. The minimum Gasteiger partial charge on any atom is -0.442 e. The molecular weight excluding hydrogens is 310 g/mol. The van der Waals surface area contributed by atoms with Gasteiger partial charge in [0.15, 0.2) is 5.11 Å². The molecule has 0 radical (unpaired) electrons. The third-order valence-electron chi connectivity index (χ3n) is 2.78. The van der Waals surface area contributed by atoms with Gasteiger partial charge in [0.25, 0.3) is 0 Å². The number of hydrogen-bond acceptors (Lipinski definition) is 3. The van der Waals surface area contributed by atoms with Gasteiger partial charge in [-0.05, 0) is 57.6 Å². The molecule has 0 fully saturated rings. The van der Waals surface area contributed by atoms with Gasteiger partial charge in [-0.1, -0.05) is 18.2 Å². The van der Waals surface area contributed by atoms with Crippen LogP contribution in [0.2, 0.25) is 0 Å². The number of alkyl carbamates (subject to hydrolysis) is 1. The number of rotatable bonds is 5. The van der Waals surface area contributed by atoms with E-state index in [4.69, 9.17) is 17.0 Å². The molecule has 1 rings (SSSR count). The standard InChI is InChI=1S/C17H25N3O2S/c1-6-10-18-15(23)19-14-9-7-8-13(11-14)12(2)22-16(21)20-17(3,4)5/h6-9,11-12H,1,10H2,2-5H3,(H,20,21)(H2,18,19,23). The topological polar surface area (TPSA) is 62.4 Å². The predicted molar refractivity (Wildman–Crippen MR) is 98.6 cm³/mol. The molecule has 1 atom stereocenters. The first kappa shape index (κ1) is 19.0. The van der Waals surface area contributed by atoms with E-state index in [0.717, 1.165) is 11.3 Å². The summed E-state index contributed by atoms with van der Waals surface area (Å²) in [7, 11) is 0. The highest BCUT2D eigenvalue weighted by molar-refractivity contribution is 7.80. The number of carbonyl (C=O) groups excluding carboxylic acids is 1. The minimum atomic E-state index is -0.438. The minimum absolute atomic E-state index is 0.330. The van der Waals surface area contributed by atoms with Crippen molar-refractivity contribution in [2.45, 2.75) is 39.3 Å². The van der Waals surface area contributed by atoms with Crippen molar-refractivity contribution in [2.24, 2.45) is 0 Å². The zero-order valence-corrected chi connectivity index (χ0v) is 14.9. The van der Waals surface area contributed by atoms with Gasteiger partial charge in [0.1, 0.15) is 6.10 Å². The molecule has 5 nitrogen and oxygen atoms in total. The molecule has 0 aliphatic rings. The van der Waals surface area contributed by atoms with E-state index in [1.165, 1.54) is 0 Å². The maximum absolute atomic E-state index is 11.8. The van der Waals surface area contributed by atoms with Crippen LogP contribution in [0.3, 0.4) is 0 Å². The maximum atomic E-state index is 11.8. The number of amides is 1. The van der Waals surface area contributed by atoms with E-state index in [1.54, 1.807) is 6.08 Å². The zero-order chi connectivity index (χ0) is 17.5. The van der Waals surface area contributed by atoms with Crippen molar-refractivity contribution in [3.05, 3.63) is 42.5 Å².